The normalized spacial score (nSPS) is 33.6. The molecule has 0 radical (unpaired) electrons. The van der Waals surface area contributed by atoms with Gasteiger partial charge >= 0.3 is 0 Å². The van der Waals surface area contributed by atoms with Gasteiger partial charge in [0.2, 0.25) is 0 Å². The molecule has 19 heavy (non-hydrogen) atoms. The Balaban J connectivity index is 2.02. The second kappa shape index (κ2) is 4.06. The van der Waals surface area contributed by atoms with Crippen LogP contribution in [0.5, 0.6) is 0 Å². The highest BCUT2D eigenvalue weighted by Crippen LogP contribution is 2.64. The topological polar surface area (TPSA) is 17.1 Å². The lowest BCUT2D eigenvalue weighted by Crippen LogP contribution is -2.33. The summed E-state index contributed by atoms with van der Waals surface area (Å²) in [7, 11) is 0. The summed E-state index contributed by atoms with van der Waals surface area (Å²) in [5, 5.41) is 0. The Morgan fingerprint density at radius 3 is 2.53 bits per heavy atom. The molecule has 0 spiro atoms. The molecule has 1 nitrogen and oxygen atoms in total. The molecule has 2 saturated carbocycles. The molecule has 2 fully saturated rings. The molecule has 0 amide bonds. The van der Waals surface area contributed by atoms with Crippen LogP contribution in [0.15, 0.2) is 30.3 Å². The molecule has 2 atom stereocenters. The van der Waals surface area contributed by atoms with Crippen molar-refractivity contribution >= 4 is 11.8 Å². The van der Waals surface area contributed by atoms with Crippen molar-refractivity contribution in [3.63, 3.8) is 0 Å². The van der Waals surface area contributed by atoms with Crippen molar-refractivity contribution in [1.29, 1.82) is 0 Å². The second-order valence-corrected chi connectivity index (χ2v) is 6.71. The zero-order valence-corrected chi connectivity index (χ0v) is 12.0. The van der Waals surface area contributed by atoms with E-state index in [0.29, 0.717) is 24.2 Å². The molecule has 1 aromatic carbocycles. The van der Waals surface area contributed by atoms with E-state index in [1.54, 1.807) is 0 Å². The Kier molecular flexibility index (Phi) is 2.45. The van der Waals surface area contributed by atoms with Crippen molar-refractivity contribution in [3.05, 3.63) is 41.5 Å². The molecular formula is C18H22O. The van der Waals surface area contributed by atoms with Crippen molar-refractivity contribution < 1.29 is 6.17 Å². The van der Waals surface area contributed by atoms with Gasteiger partial charge in [-0.15, -0.1) is 0 Å². The summed E-state index contributed by atoms with van der Waals surface area (Å²) < 4.78 is 8.37. The number of allylic oxidation sites excluding steroid dienone is 1. The van der Waals surface area contributed by atoms with E-state index in [9.17, 15) is 4.79 Å². The molecule has 2 unspecified atom stereocenters. The van der Waals surface area contributed by atoms with Crippen LogP contribution in [-0.4, -0.2) is 5.78 Å². The van der Waals surface area contributed by atoms with Gasteiger partial charge < -0.3 is 0 Å². The van der Waals surface area contributed by atoms with Gasteiger partial charge in [-0.1, -0.05) is 55.8 Å². The molecule has 0 heterocycles. The van der Waals surface area contributed by atoms with Crippen LogP contribution in [0.3, 0.4) is 0 Å². The summed E-state index contributed by atoms with van der Waals surface area (Å²) >= 11 is 0. The van der Waals surface area contributed by atoms with Crippen molar-refractivity contribution in [2.75, 3.05) is 0 Å². The number of ketones is 1. The summed E-state index contributed by atoms with van der Waals surface area (Å²) in [6, 6.07) is 8.49. The Morgan fingerprint density at radius 2 is 2.00 bits per heavy atom. The fraction of sp³-hybridized carbons (Fsp3) is 0.500. The number of rotatable bonds is 2. The first kappa shape index (κ1) is 11.5. The quantitative estimate of drug-likeness (QED) is 0.765. The van der Waals surface area contributed by atoms with E-state index >= 15 is 0 Å². The zero-order chi connectivity index (χ0) is 14.5. The van der Waals surface area contributed by atoms with Crippen molar-refractivity contribution in [2.24, 2.45) is 16.7 Å². The van der Waals surface area contributed by atoms with E-state index in [1.165, 1.54) is 5.56 Å². The minimum absolute atomic E-state index is 0.00107. The van der Waals surface area contributed by atoms with Crippen molar-refractivity contribution in [1.82, 2.24) is 0 Å². The van der Waals surface area contributed by atoms with Gasteiger partial charge in [0.15, 0.2) is 0 Å². The van der Waals surface area contributed by atoms with E-state index < -0.39 is 5.41 Å². The van der Waals surface area contributed by atoms with E-state index in [0.717, 1.165) is 18.4 Å². The van der Waals surface area contributed by atoms with E-state index in [2.05, 4.69) is 13.8 Å². The lowest BCUT2D eigenvalue weighted by atomic mass is 9.68. The molecule has 2 aliphatic carbocycles. The van der Waals surface area contributed by atoms with E-state index in [4.69, 9.17) is 1.37 Å². The van der Waals surface area contributed by atoms with Gasteiger partial charge in [-0.05, 0) is 36.7 Å². The maximum Gasteiger partial charge on any atom is 0.143 e. The third kappa shape index (κ3) is 1.71. The smallest absolute Gasteiger partial charge is 0.143 e. The maximum atomic E-state index is 12.5. The molecule has 0 aliphatic heterocycles. The minimum Gasteiger partial charge on any atom is -0.299 e. The Morgan fingerprint density at radius 1 is 1.32 bits per heavy atom. The minimum atomic E-state index is -0.403. The molecule has 0 N–H and O–H groups in total. The van der Waals surface area contributed by atoms with Crippen LogP contribution in [-0.2, 0) is 4.79 Å². The van der Waals surface area contributed by atoms with Gasteiger partial charge in [-0.3, -0.25) is 4.79 Å². The van der Waals surface area contributed by atoms with Gasteiger partial charge in [0, 0.05) is 6.42 Å². The number of aryl methyl sites for hydroxylation is 1. The lowest BCUT2D eigenvalue weighted by Gasteiger charge is -2.33. The average molecular weight is 255 g/mol. The van der Waals surface area contributed by atoms with Gasteiger partial charge in [0.1, 0.15) is 5.78 Å². The van der Waals surface area contributed by atoms with Crippen LogP contribution < -0.4 is 0 Å². The van der Waals surface area contributed by atoms with E-state index in [1.807, 2.05) is 37.3 Å². The van der Waals surface area contributed by atoms with E-state index in [-0.39, 0.29) is 5.41 Å². The molecule has 1 heteroatoms. The zero-order valence-electron chi connectivity index (χ0n) is 13.0. The van der Waals surface area contributed by atoms with Crippen LogP contribution in [0.4, 0.5) is 0 Å². The van der Waals surface area contributed by atoms with Crippen LogP contribution >= 0.6 is 0 Å². The summed E-state index contributed by atoms with van der Waals surface area (Å²) in [4.78, 5) is 12.5. The second-order valence-electron chi connectivity index (χ2n) is 6.71. The number of hydrogen-bond acceptors (Lipinski definition) is 1. The number of benzene rings is 1. The third-order valence-corrected chi connectivity index (χ3v) is 5.52. The fourth-order valence-corrected chi connectivity index (χ4v) is 3.91. The Labute approximate surface area is 117 Å². The number of Topliss-reactive ketones (excluding diaryl/α,β-unsaturated/α-hetero) is 1. The standard InChI is InChI=1S/C18H22O/c1-13-4-6-14(7-5-13)8-10-18-11-9-15(12-16(18)19)17(18,2)3/h4-8,10,15H,9,11-12H2,1-3H3/i8D. The van der Waals surface area contributed by atoms with Gasteiger partial charge in [0.05, 0.1) is 6.79 Å². The van der Waals surface area contributed by atoms with Crippen LogP contribution in [0.25, 0.3) is 6.05 Å². The molecule has 100 valence electrons. The number of fused-ring (bicyclic) bond motifs is 2. The summed E-state index contributed by atoms with van der Waals surface area (Å²) in [5.74, 6) is 0.840. The highest BCUT2D eigenvalue weighted by Gasteiger charge is 2.62. The Bertz CT molecular complexity index is 582. The fourth-order valence-electron chi connectivity index (χ4n) is 3.91. The highest BCUT2D eigenvalue weighted by atomic mass is 16.1. The molecule has 0 saturated heterocycles. The maximum absolute atomic E-state index is 12.5. The van der Waals surface area contributed by atoms with Crippen molar-refractivity contribution in [3.8, 4) is 0 Å². The molecular weight excluding hydrogens is 232 g/mol. The first-order valence-electron chi connectivity index (χ1n) is 7.67. The van der Waals surface area contributed by atoms with Gasteiger partial charge in [0.25, 0.3) is 0 Å². The lowest BCUT2D eigenvalue weighted by molar-refractivity contribution is -0.126. The predicted molar refractivity (Wildman–Crippen MR) is 78.8 cm³/mol. The average Bonchev–Trinajstić information content (AvgIpc) is 2.73. The largest absolute Gasteiger partial charge is 0.299 e. The number of carbonyl (C=O) groups is 1. The summed E-state index contributed by atoms with van der Waals surface area (Å²) in [6.45, 7) is 6.45. The summed E-state index contributed by atoms with van der Waals surface area (Å²) in [5.41, 5.74) is 1.70. The summed E-state index contributed by atoms with van der Waals surface area (Å²) in [6.07, 6.45) is 4.69. The Hall–Kier alpha value is -1.37. The number of carbonyl (C=O) groups excluding carboxylic acids is 1. The molecule has 0 aromatic heterocycles. The molecule has 1 aromatic rings. The molecule has 2 bridgehead atoms. The molecule has 3 rings (SSSR count). The highest BCUT2D eigenvalue weighted by molar-refractivity contribution is 5.92. The van der Waals surface area contributed by atoms with Crippen LogP contribution in [0.2, 0.25) is 0 Å². The monoisotopic (exact) mass is 255 g/mol. The molecule has 2 aliphatic rings. The predicted octanol–water partition coefficient (Wildman–Crippen LogP) is 4.40. The number of hydrogen-bond donors (Lipinski definition) is 0. The van der Waals surface area contributed by atoms with Gasteiger partial charge in [-0.25, -0.2) is 0 Å². The third-order valence-electron chi connectivity index (χ3n) is 5.52. The van der Waals surface area contributed by atoms with Crippen LogP contribution in [0.1, 0.15) is 45.6 Å². The SMILES string of the molecule is [2H]C(=CC12CCC(CC1=O)C2(C)C)c1ccc(C)cc1. The van der Waals surface area contributed by atoms with Crippen LogP contribution in [0, 0.1) is 23.7 Å². The van der Waals surface area contributed by atoms with Crippen molar-refractivity contribution in [2.45, 2.75) is 40.0 Å². The first-order valence-corrected chi connectivity index (χ1v) is 7.17. The van der Waals surface area contributed by atoms with Gasteiger partial charge in [-0.2, -0.15) is 0 Å². The first-order chi connectivity index (χ1) is 9.37.